The normalized spacial score (nSPS) is 19.2. The summed E-state index contributed by atoms with van der Waals surface area (Å²) in [5.74, 6) is 0.379. The SMILES string of the molecule is Nc1ncccc1CN1CCOC(Cc2cccc(F)c2)C1. The van der Waals surface area contributed by atoms with E-state index in [1.54, 1.807) is 18.3 Å². The molecule has 2 N–H and O–H groups in total. The van der Waals surface area contributed by atoms with Gasteiger partial charge < -0.3 is 10.5 Å². The molecule has 0 radical (unpaired) electrons. The van der Waals surface area contributed by atoms with E-state index in [4.69, 9.17) is 10.5 Å². The van der Waals surface area contributed by atoms with Gasteiger partial charge in [0.25, 0.3) is 0 Å². The van der Waals surface area contributed by atoms with Crippen LogP contribution in [0.2, 0.25) is 0 Å². The summed E-state index contributed by atoms with van der Waals surface area (Å²) in [6.07, 6.45) is 2.50. The molecule has 1 saturated heterocycles. The second-order valence-corrected chi connectivity index (χ2v) is 5.61. The lowest BCUT2D eigenvalue weighted by atomic mass is 10.1. The van der Waals surface area contributed by atoms with E-state index in [1.807, 2.05) is 18.2 Å². The maximum absolute atomic E-state index is 13.3. The molecule has 0 spiro atoms. The highest BCUT2D eigenvalue weighted by Crippen LogP contribution is 2.16. The summed E-state index contributed by atoms with van der Waals surface area (Å²) in [4.78, 5) is 6.43. The molecule has 1 fully saturated rings. The monoisotopic (exact) mass is 301 g/mol. The van der Waals surface area contributed by atoms with Gasteiger partial charge in [0.2, 0.25) is 0 Å². The molecule has 5 heteroatoms. The highest BCUT2D eigenvalue weighted by Gasteiger charge is 2.21. The predicted octanol–water partition coefficient (Wildman–Crippen LogP) is 2.25. The first-order valence-corrected chi connectivity index (χ1v) is 7.48. The Morgan fingerprint density at radius 2 is 2.23 bits per heavy atom. The maximum Gasteiger partial charge on any atom is 0.127 e. The van der Waals surface area contributed by atoms with E-state index < -0.39 is 0 Å². The van der Waals surface area contributed by atoms with E-state index in [0.717, 1.165) is 37.2 Å². The molecule has 3 rings (SSSR count). The second-order valence-electron chi connectivity index (χ2n) is 5.61. The van der Waals surface area contributed by atoms with Gasteiger partial charge in [-0.1, -0.05) is 18.2 Å². The highest BCUT2D eigenvalue weighted by atomic mass is 19.1. The quantitative estimate of drug-likeness (QED) is 0.941. The summed E-state index contributed by atoms with van der Waals surface area (Å²) in [6.45, 7) is 3.13. The summed E-state index contributed by atoms with van der Waals surface area (Å²) >= 11 is 0. The van der Waals surface area contributed by atoms with Crippen molar-refractivity contribution in [3.8, 4) is 0 Å². The van der Waals surface area contributed by atoms with Crippen LogP contribution in [0.15, 0.2) is 42.6 Å². The van der Waals surface area contributed by atoms with Gasteiger partial charge in [-0.25, -0.2) is 9.37 Å². The Labute approximate surface area is 129 Å². The van der Waals surface area contributed by atoms with Crippen LogP contribution in [-0.4, -0.2) is 35.7 Å². The lowest BCUT2D eigenvalue weighted by molar-refractivity contribution is -0.0304. The van der Waals surface area contributed by atoms with Crippen molar-refractivity contribution in [2.45, 2.75) is 19.1 Å². The van der Waals surface area contributed by atoms with Gasteiger partial charge in [-0.05, 0) is 30.2 Å². The third kappa shape index (κ3) is 3.81. The van der Waals surface area contributed by atoms with Crippen LogP contribution in [0, 0.1) is 5.82 Å². The smallest absolute Gasteiger partial charge is 0.127 e. The van der Waals surface area contributed by atoms with Crippen molar-refractivity contribution < 1.29 is 9.13 Å². The molecule has 116 valence electrons. The number of rotatable bonds is 4. The summed E-state index contributed by atoms with van der Waals surface area (Å²) in [6, 6.07) is 10.6. The van der Waals surface area contributed by atoms with Gasteiger partial charge in [-0.15, -0.1) is 0 Å². The number of nitrogens with two attached hydrogens (primary N) is 1. The molecule has 2 aromatic rings. The van der Waals surface area contributed by atoms with E-state index in [2.05, 4.69) is 9.88 Å². The molecular weight excluding hydrogens is 281 g/mol. The van der Waals surface area contributed by atoms with Crippen molar-refractivity contribution in [3.63, 3.8) is 0 Å². The number of anilines is 1. The van der Waals surface area contributed by atoms with Gasteiger partial charge in [-0.2, -0.15) is 0 Å². The molecule has 0 bridgehead atoms. The molecule has 0 amide bonds. The zero-order valence-electron chi connectivity index (χ0n) is 12.4. The first-order chi connectivity index (χ1) is 10.7. The highest BCUT2D eigenvalue weighted by molar-refractivity contribution is 5.38. The van der Waals surface area contributed by atoms with Crippen molar-refractivity contribution in [1.82, 2.24) is 9.88 Å². The molecule has 0 saturated carbocycles. The van der Waals surface area contributed by atoms with E-state index in [9.17, 15) is 4.39 Å². The molecule has 1 unspecified atom stereocenters. The van der Waals surface area contributed by atoms with E-state index in [1.165, 1.54) is 6.07 Å². The minimum Gasteiger partial charge on any atom is -0.383 e. The lowest BCUT2D eigenvalue weighted by Crippen LogP contribution is -2.43. The molecule has 4 nitrogen and oxygen atoms in total. The van der Waals surface area contributed by atoms with Crippen molar-refractivity contribution in [2.24, 2.45) is 0 Å². The van der Waals surface area contributed by atoms with Gasteiger partial charge in [0.15, 0.2) is 0 Å². The average molecular weight is 301 g/mol. The van der Waals surface area contributed by atoms with E-state index in [-0.39, 0.29) is 11.9 Å². The largest absolute Gasteiger partial charge is 0.383 e. The Balaban J connectivity index is 1.61. The van der Waals surface area contributed by atoms with Gasteiger partial charge in [0.05, 0.1) is 12.7 Å². The number of nitrogens with zero attached hydrogens (tertiary/aromatic N) is 2. The van der Waals surface area contributed by atoms with Crippen LogP contribution in [0.4, 0.5) is 10.2 Å². The van der Waals surface area contributed by atoms with Crippen molar-refractivity contribution in [2.75, 3.05) is 25.4 Å². The summed E-state index contributed by atoms with van der Waals surface area (Å²) in [7, 11) is 0. The molecule has 1 aliphatic heterocycles. The van der Waals surface area contributed by atoms with Crippen molar-refractivity contribution in [3.05, 3.63) is 59.5 Å². The molecule has 1 aliphatic rings. The number of nitrogen functional groups attached to an aromatic ring is 1. The number of aromatic nitrogens is 1. The fraction of sp³-hybridized carbons (Fsp3) is 0.353. The average Bonchev–Trinajstić information content (AvgIpc) is 2.50. The van der Waals surface area contributed by atoms with Crippen LogP contribution in [0.1, 0.15) is 11.1 Å². The summed E-state index contributed by atoms with van der Waals surface area (Å²) in [5.41, 5.74) is 7.90. The van der Waals surface area contributed by atoms with Crippen molar-refractivity contribution in [1.29, 1.82) is 0 Å². The van der Waals surface area contributed by atoms with Crippen molar-refractivity contribution >= 4 is 5.82 Å². The predicted molar refractivity (Wildman–Crippen MR) is 83.8 cm³/mol. The van der Waals surface area contributed by atoms with Gasteiger partial charge in [-0.3, -0.25) is 4.90 Å². The topological polar surface area (TPSA) is 51.4 Å². The molecule has 22 heavy (non-hydrogen) atoms. The van der Waals surface area contributed by atoms with Crippen LogP contribution in [0.5, 0.6) is 0 Å². The lowest BCUT2D eigenvalue weighted by Gasteiger charge is -2.33. The van der Waals surface area contributed by atoms with Crippen LogP contribution in [0.3, 0.4) is 0 Å². The summed E-state index contributed by atoms with van der Waals surface area (Å²) < 4.78 is 19.1. The zero-order valence-corrected chi connectivity index (χ0v) is 12.4. The van der Waals surface area contributed by atoms with E-state index in [0.29, 0.717) is 12.4 Å². The fourth-order valence-corrected chi connectivity index (χ4v) is 2.80. The number of hydrogen-bond acceptors (Lipinski definition) is 4. The molecule has 1 atom stereocenters. The first-order valence-electron chi connectivity index (χ1n) is 7.48. The van der Waals surface area contributed by atoms with Gasteiger partial charge >= 0.3 is 0 Å². The standard InChI is InChI=1S/C17H20FN3O/c18-15-5-1-3-13(9-15)10-16-12-21(7-8-22-16)11-14-4-2-6-20-17(14)19/h1-6,9,16H,7-8,10-12H2,(H2,19,20). The number of ether oxygens (including phenoxy) is 1. The number of pyridine rings is 1. The zero-order chi connectivity index (χ0) is 15.4. The molecule has 2 heterocycles. The Hall–Kier alpha value is -1.98. The van der Waals surface area contributed by atoms with Crippen LogP contribution < -0.4 is 5.73 Å². The number of morpholine rings is 1. The van der Waals surface area contributed by atoms with Crippen LogP contribution in [-0.2, 0) is 17.7 Å². The van der Waals surface area contributed by atoms with E-state index >= 15 is 0 Å². The molecule has 1 aromatic carbocycles. The third-order valence-electron chi connectivity index (χ3n) is 3.90. The minimum atomic E-state index is -0.201. The molecular formula is C17H20FN3O. The minimum absolute atomic E-state index is 0.0773. The second kappa shape index (κ2) is 6.85. The van der Waals surface area contributed by atoms with Gasteiger partial charge in [0, 0.05) is 31.4 Å². The number of benzene rings is 1. The Morgan fingerprint density at radius 1 is 1.32 bits per heavy atom. The molecule has 0 aliphatic carbocycles. The number of hydrogen-bond donors (Lipinski definition) is 1. The maximum atomic E-state index is 13.3. The molecule has 1 aromatic heterocycles. The Bertz CT molecular complexity index is 635. The van der Waals surface area contributed by atoms with Gasteiger partial charge in [0.1, 0.15) is 11.6 Å². The Kier molecular flexibility index (Phi) is 4.65. The van der Waals surface area contributed by atoms with Crippen LogP contribution in [0.25, 0.3) is 0 Å². The Morgan fingerprint density at radius 3 is 3.05 bits per heavy atom. The number of halogens is 1. The third-order valence-corrected chi connectivity index (χ3v) is 3.90. The summed E-state index contributed by atoms with van der Waals surface area (Å²) in [5, 5.41) is 0. The van der Waals surface area contributed by atoms with Crippen LogP contribution >= 0.6 is 0 Å². The first kappa shape index (κ1) is 14.9. The fourth-order valence-electron chi connectivity index (χ4n) is 2.80.